The molecule has 0 spiro atoms. The first-order valence-corrected chi connectivity index (χ1v) is 14.0. The molecule has 1 unspecified atom stereocenters. The zero-order chi connectivity index (χ0) is 21.6. The van der Waals surface area contributed by atoms with Gasteiger partial charge in [-0.1, -0.05) is 124 Å². The van der Waals surface area contributed by atoms with E-state index in [1.165, 1.54) is 146 Å². The second-order valence-corrected chi connectivity index (χ2v) is 10.1. The van der Waals surface area contributed by atoms with Crippen LogP contribution in [-0.4, -0.2) is 30.7 Å². The average molecular weight is 411 g/mol. The predicted octanol–water partition coefficient (Wildman–Crippen LogP) is 9.68. The summed E-state index contributed by atoms with van der Waals surface area (Å²) in [5.74, 6) is 0. The number of hydrogen-bond acceptors (Lipinski definition) is 0. The van der Waals surface area contributed by atoms with Gasteiger partial charge in [-0.2, -0.15) is 0 Å². The molecule has 0 heterocycles. The van der Waals surface area contributed by atoms with Crippen molar-refractivity contribution >= 4 is 0 Å². The molecule has 0 aliphatic heterocycles. The molecule has 0 N–H and O–H groups in total. The molecular weight excluding hydrogens is 350 g/mol. The monoisotopic (exact) mass is 410 g/mol. The van der Waals surface area contributed by atoms with Crippen LogP contribution in [0.2, 0.25) is 0 Å². The van der Waals surface area contributed by atoms with Gasteiger partial charge in [-0.15, -0.1) is 0 Å². The Labute approximate surface area is 187 Å². The Morgan fingerprint density at radius 3 is 1.10 bits per heavy atom. The fourth-order valence-corrected chi connectivity index (χ4v) is 5.38. The van der Waals surface area contributed by atoms with Gasteiger partial charge in [0.2, 0.25) is 0 Å². The van der Waals surface area contributed by atoms with Gasteiger partial charge in [0.15, 0.2) is 0 Å². The third-order valence-electron chi connectivity index (χ3n) is 7.21. The van der Waals surface area contributed by atoms with Crippen LogP contribution in [0, 0.1) is 0 Å². The maximum Gasteiger partial charge on any atom is 0.0885 e. The smallest absolute Gasteiger partial charge is 0.0885 e. The molecule has 0 rings (SSSR count). The van der Waals surface area contributed by atoms with Crippen LogP contribution in [0.3, 0.4) is 0 Å². The van der Waals surface area contributed by atoms with Crippen LogP contribution in [0.25, 0.3) is 0 Å². The Morgan fingerprint density at radius 1 is 0.448 bits per heavy atom. The summed E-state index contributed by atoms with van der Waals surface area (Å²) in [6, 6.07) is 0.890. The lowest BCUT2D eigenvalue weighted by Crippen LogP contribution is -2.53. The first-order valence-electron chi connectivity index (χ1n) is 14.0. The minimum absolute atomic E-state index is 0.890. The lowest BCUT2D eigenvalue weighted by molar-refractivity contribution is -0.934. The van der Waals surface area contributed by atoms with E-state index in [1.54, 1.807) is 0 Å². The fraction of sp³-hybridized carbons (Fsp3) is 1.00. The van der Waals surface area contributed by atoms with Gasteiger partial charge in [0, 0.05) is 0 Å². The number of hydrogen-bond donors (Lipinski definition) is 0. The average Bonchev–Trinajstić information content (AvgIpc) is 2.70. The summed E-state index contributed by atoms with van der Waals surface area (Å²) in [5.41, 5.74) is 0. The Hall–Kier alpha value is -0.0400. The first kappa shape index (κ1) is 29.0. The van der Waals surface area contributed by atoms with Gasteiger partial charge in [-0.05, 0) is 32.1 Å². The highest BCUT2D eigenvalue weighted by atomic mass is 15.3. The van der Waals surface area contributed by atoms with Gasteiger partial charge >= 0.3 is 0 Å². The zero-order valence-electron chi connectivity index (χ0n) is 21.6. The van der Waals surface area contributed by atoms with Crippen LogP contribution in [0.1, 0.15) is 156 Å². The van der Waals surface area contributed by atoms with Gasteiger partial charge < -0.3 is 4.48 Å². The van der Waals surface area contributed by atoms with E-state index in [9.17, 15) is 0 Å². The molecule has 1 heteroatoms. The van der Waals surface area contributed by atoms with Gasteiger partial charge in [-0.3, -0.25) is 0 Å². The molecule has 1 nitrogen and oxygen atoms in total. The Kier molecular flexibility index (Phi) is 21.2. The molecule has 0 aromatic carbocycles. The van der Waals surface area contributed by atoms with Crippen molar-refractivity contribution in [3.8, 4) is 0 Å². The normalized spacial score (nSPS) is 13.1. The lowest BCUT2D eigenvalue weighted by Gasteiger charge is -2.41. The van der Waals surface area contributed by atoms with Crippen molar-refractivity contribution in [2.75, 3.05) is 20.1 Å². The molecule has 0 aromatic rings. The lowest BCUT2D eigenvalue weighted by atomic mass is 9.99. The molecule has 0 bridgehead atoms. The molecule has 176 valence electrons. The van der Waals surface area contributed by atoms with E-state index >= 15 is 0 Å². The fourth-order valence-electron chi connectivity index (χ4n) is 5.38. The van der Waals surface area contributed by atoms with E-state index in [4.69, 9.17) is 0 Å². The van der Waals surface area contributed by atoms with E-state index in [0.717, 1.165) is 6.04 Å². The molecule has 29 heavy (non-hydrogen) atoms. The summed E-state index contributed by atoms with van der Waals surface area (Å²) in [6.07, 6.45) is 28.9. The predicted molar refractivity (Wildman–Crippen MR) is 135 cm³/mol. The third kappa shape index (κ3) is 16.3. The highest BCUT2D eigenvalue weighted by molar-refractivity contribution is 4.60. The summed E-state index contributed by atoms with van der Waals surface area (Å²) < 4.78 is 1.32. The summed E-state index contributed by atoms with van der Waals surface area (Å²) in [5, 5.41) is 0. The second-order valence-electron chi connectivity index (χ2n) is 10.1. The molecular formula is C28H60N+. The van der Waals surface area contributed by atoms with Crippen LogP contribution < -0.4 is 0 Å². The maximum atomic E-state index is 2.52. The van der Waals surface area contributed by atoms with Crippen LogP contribution in [0.5, 0.6) is 0 Å². The molecule has 0 fully saturated rings. The van der Waals surface area contributed by atoms with Gasteiger partial charge in [0.25, 0.3) is 0 Å². The van der Waals surface area contributed by atoms with E-state index in [0.29, 0.717) is 0 Å². The van der Waals surface area contributed by atoms with E-state index in [-0.39, 0.29) is 0 Å². The molecule has 0 aromatic heterocycles. The number of unbranched alkanes of at least 4 members (excludes halogenated alkanes) is 15. The molecule has 0 aliphatic carbocycles. The number of rotatable bonds is 23. The van der Waals surface area contributed by atoms with Crippen molar-refractivity contribution < 1.29 is 4.48 Å². The highest BCUT2D eigenvalue weighted by Crippen LogP contribution is 2.22. The van der Waals surface area contributed by atoms with Crippen molar-refractivity contribution in [2.24, 2.45) is 0 Å². The highest BCUT2D eigenvalue weighted by Gasteiger charge is 2.28. The maximum absolute atomic E-state index is 2.52. The standard InChI is InChI=1S/C28H60N/c1-6-10-11-12-13-14-15-16-17-18-19-20-21-22-23-24-25-28(9-4)29(5,26-7-2)27-8-3/h28H,6-27H2,1-5H3/q+1. The molecule has 0 aliphatic rings. The van der Waals surface area contributed by atoms with Crippen molar-refractivity contribution in [3.63, 3.8) is 0 Å². The first-order chi connectivity index (χ1) is 14.1. The van der Waals surface area contributed by atoms with E-state index < -0.39 is 0 Å². The zero-order valence-corrected chi connectivity index (χ0v) is 21.6. The van der Waals surface area contributed by atoms with Crippen LogP contribution in [0.15, 0.2) is 0 Å². The molecule has 0 amide bonds. The number of quaternary nitrogens is 1. The molecule has 1 atom stereocenters. The molecule has 0 saturated carbocycles. The minimum atomic E-state index is 0.890. The Balaban J connectivity index is 3.51. The summed E-state index contributed by atoms with van der Waals surface area (Å²) in [7, 11) is 2.52. The van der Waals surface area contributed by atoms with Crippen molar-refractivity contribution in [3.05, 3.63) is 0 Å². The summed E-state index contributed by atoms with van der Waals surface area (Å²) in [4.78, 5) is 0. The van der Waals surface area contributed by atoms with E-state index in [2.05, 4.69) is 34.7 Å². The van der Waals surface area contributed by atoms with Crippen molar-refractivity contribution in [1.29, 1.82) is 0 Å². The topological polar surface area (TPSA) is 0 Å². The van der Waals surface area contributed by atoms with Crippen LogP contribution >= 0.6 is 0 Å². The molecule has 0 radical (unpaired) electrons. The summed E-state index contributed by atoms with van der Waals surface area (Å²) >= 11 is 0. The third-order valence-corrected chi connectivity index (χ3v) is 7.21. The van der Waals surface area contributed by atoms with Crippen molar-refractivity contribution in [2.45, 2.75) is 162 Å². The van der Waals surface area contributed by atoms with Crippen LogP contribution in [-0.2, 0) is 0 Å². The molecule has 0 saturated heterocycles. The van der Waals surface area contributed by atoms with Crippen LogP contribution in [0.4, 0.5) is 0 Å². The van der Waals surface area contributed by atoms with Gasteiger partial charge in [0.1, 0.15) is 0 Å². The Bertz CT molecular complexity index is 305. The van der Waals surface area contributed by atoms with Gasteiger partial charge in [-0.25, -0.2) is 0 Å². The number of nitrogens with zero attached hydrogens (tertiary/aromatic N) is 1. The van der Waals surface area contributed by atoms with Crippen molar-refractivity contribution in [1.82, 2.24) is 0 Å². The second kappa shape index (κ2) is 21.2. The summed E-state index contributed by atoms with van der Waals surface area (Å²) in [6.45, 7) is 12.2. The van der Waals surface area contributed by atoms with Gasteiger partial charge in [0.05, 0.1) is 26.2 Å². The quantitative estimate of drug-likeness (QED) is 0.116. The largest absolute Gasteiger partial charge is 0.324 e. The van der Waals surface area contributed by atoms with E-state index in [1.807, 2.05) is 0 Å². The minimum Gasteiger partial charge on any atom is -0.324 e. The SMILES string of the molecule is CCCCCCCCCCCCCCCCCCC(CC)[N+](C)(CCC)CCC. The Morgan fingerprint density at radius 2 is 0.793 bits per heavy atom.